The van der Waals surface area contributed by atoms with E-state index in [0.717, 1.165) is 49.8 Å². The molecular formula is C28H34N6O5. The van der Waals surface area contributed by atoms with E-state index in [4.69, 9.17) is 19.2 Å². The Labute approximate surface area is 227 Å². The molecule has 3 aromatic heterocycles. The van der Waals surface area contributed by atoms with Gasteiger partial charge in [-0.15, -0.1) is 0 Å². The average molecular weight is 535 g/mol. The Morgan fingerprint density at radius 2 is 2.00 bits per heavy atom. The number of rotatable bonds is 10. The fraction of sp³-hybridized carbons (Fsp3) is 0.500. The molecule has 0 aliphatic carbocycles. The Morgan fingerprint density at radius 3 is 2.67 bits per heavy atom. The zero-order valence-corrected chi connectivity index (χ0v) is 22.2. The van der Waals surface area contributed by atoms with Crippen molar-refractivity contribution in [3.63, 3.8) is 0 Å². The number of anilines is 1. The van der Waals surface area contributed by atoms with Gasteiger partial charge in [-0.1, -0.05) is 0 Å². The van der Waals surface area contributed by atoms with E-state index in [0.29, 0.717) is 56.0 Å². The van der Waals surface area contributed by atoms with Crippen LogP contribution in [0.5, 0.6) is 5.75 Å². The number of aliphatic carboxylic acids is 1. The Kier molecular flexibility index (Phi) is 8.26. The number of nitrogens with zero attached hydrogens (tertiary/aromatic N) is 6. The van der Waals surface area contributed by atoms with Crippen molar-refractivity contribution in [3.05, 3.63) is 42.4 Å². The Hall–Kier alpha value is -3.72. The van der Waals surface area contributed by atoms with Gasteiger partial charge in [0.2, 0.25) is 0 Å². The first-order valence-electron chi connectivity index (χ1n) is 13.4. The monoisotopic (exact) mass is 534 g/mol. The summed E-state index contributed by atoms with van der Waals surface area (Å²) in [6, 6.07) is 8.02. The third kappa shape index (κ3) is 5.83. The zero-order valence-electron chi connectivity index (χ0n) is 22.2. The topological polar surface area (TPSA) is 125 Å². The predicted molar refractivity (Wildman–Crippen MR) is 144 cm³/mol. The number of nitriles is 1. The van der Waals surface area contributed by atoms with Crippen LogP contribution in [-0.4, -0.2) is 96.3 Å². The fourth-order valence-electron chi connectivity index (χ4n) is 5.25. The minimum atomic E-state index is -0.886. The number of pyridine rings is 2. The van der Waals surface area contributed by atoms with Gasteiger partial charge >= 0.3 is 5.97 Å². The van der Waals surface area contributed by atoms with E-state index >= 15 is 0 Å². The molecule has 0 saturated carbocycles. The highest BCUT2D eigenvalue weighted by atomic mass is 16.5. The van der Waals surface area contributed by atoms with Gasteiger partial charge < -0.3 is 24.2 Å². The van der Waals surface area contributed by atoms with Crippen molar-refractivity contribution < 1.29 is 24.1 Å². The lowest BCUT2D eigenvalue weighted by molar-refractivity contribution is -0.155. The number of fused-ring (bicyclic) bond motifs is 1. The average Bonchev–Trinajstić information content (AvgIpc) is 3.39. The largest absolute Gasteiger partial charge is 0.492 e. The summed E-state index contributed by atoms with van der Waals surface area (Å²) in [6.45, 7) is 8.36. The lowest BCUT2D eigenvalue weighted by Gasteiger charge is -2.39. The van der Waals surface area contributed by atoms with E-state index in [-0.39, 0.29) is 6.61 Å². The van der Waals surface area contributed by atoms with Crippen molar-refractivity contribution in [1.82, 2.24) is 19.5 Å². The molecule has 0 spiro atoms. The van der Waals surface area contributed by atoms with Gasteiger partial charge in [-0.05, 0) is 38.0 Å². The van der Waals surface area contributed by atoms with E-state index in [9.17, 15) is 15.2 Å². The SMILES string of the molecule is CCOc1cc(-c2ccc(N3CCC(COCCN4CCOCC4)(C(=O)O)CC3)nc2)c2c(C#N)cnn2c1. The summed E-state index contributed by atoms with van der Waals surface area (Å²) >= 11 is 0. The van der Waals surface area contributed by atoms with Crippen LogP contribution < -0.4 is 9.64 Å². The van der Waals surface area contributed by atoms with Crippen LogP contribution in [0.15, 0.2) is 36.8 Å². The maximum absolute atomic E-state index is 12.2. The van der Waals surface area contributed by atoms with Crippen molar-refractivity contribution in [2.45, 2.75) is 19.8 Å². The van der Waals surface area contributed by atoms with Gasteiger partial charge in [0.1, 0.15) is 17.6 Å². The van der Waals surface area contributed by atoms with Crippen LogP contribution in [0.4, 0.5) is 5.82 Å². The molecule has 2 fully saturated rings. The number of piperidine rings is 1. The quantitative estimate of drug-likeness (QED) is 0.388. The Morgan fingerprint density at radius 1 is 1.21 bits per heavy atom. The van der Waals surface area contributed by atoms with Gasteiger partial charge in [-0.3, -0.25) is 9.69 Å². The lowest BCUT2D eigenvalue weighted by Crippen LogP contribution is -2.47. The summed E-state index contributed by atoms with van der Waals surface area (Å²) in [5.41, 5.74) is 1.95. The molecule has 5 rings (SSSR count). The summed E-state index contributed by atoms with van der Waals surface area (Å²) in [5.74, 6) is 0.644. The van der Waals surface area contributed by atoms with Crippen molar-refractivity contribution in [3.8, 4) is 22.9 Å². The molecule has 39 heavy (non-hydrogen) atoms. The second-order valence-electron chi connectivity index (χ2n) is 9.97. The molecule has 0 aromatic carbocycles. The van der Waals surface area contributed by atoms with Crippen LogP contribution in [0.2, 0.25) is 0 Å². The summed E-state index contributed by atoms with van der Waals surface area (Å²) in [5, 5.41) is 23.9. The lowest BCUT2D eigenvalue weighted by atomic mass is 9.79. The number of carbonyl (C=O) groups is 1. The molecule has 2 aliphatic heterocycles. The fourth-order valence-corrected chi connectivity index (χ4v) is 5.25. The van der Waals surface area contributed by atoms with Crippen LogP contribution in [-0.2, 0) is 14.3 Å². The Balaban J connectivity index is 1.24. The minimum absolute atomic E-state index is 0.214. The molecule has 3 aromatic rings. The number of hydrogen-bond acceptors (Lipinski definition) is 9. The van der Waals surface area contributed by atoms with Crippen LogP contribution in [0.25, 0.3) is 16.6 Å². The van der Waals surface area contributed by atoms with Gasteiger partial charge in [0.25, 0.3) is 0 Å². The summed E-state index contributed by atoms with van der Waals surface area (Å²) in [4.78, 5) is 21.3. The molecule has 1 N–H and O–H groups in total. The molecule has 2 saturated heterocycles. The first kappa shape index (κ1) is 26.9. The number of carboxylic acids is 1. The smallest absolute Gasteiger partial charge is 0.312 e. The number of morpholine rings is 1. The van der Waals surface area contributed by atoms with Crippen LogP contribution in [0, 0.1) is 16.7 Å². The standard InChI is InChI=1S/C28H34N6O5/c1-2-39-23-15-24(26-22(16-29)18-31-34(26)19-23)21-3-4-25(30-17-21)33-7-5-28(6-8-33,27(35)36)20-38-14-11-32-9-12-37-13-10-32/h3-4,15,17-19H,2,5-14,20H2,1H3,(H,35,36). The van der Waals surface area contributed by atoms with Crippen LogP contribution in [0.3, 0.4) is 0 Å². The van der Waals surface area contributed by atoms with Crippen LogP contribution in [0.1, 0.15) is 25.3 Å². The number of carboxylic acid groups (broad SMARTS) is 1. The predicted octanol–water partition coefficient (Wildman–Crippen LogP) is 2.69. The molecule has 206 valence electrons. The molecular weight excluding hydrogens is 500 g/mol. The third-order valence-electron chi connectivity index (χ3n) is 7.61. The van der Waals surface area contributed by atoms with Crippen molar-refractivity contribution in [2.75, 3.05) is 70.7 Å². The highest BCUT2D eigenvalue weighted by Crippen LogP contribution is 2.35. The van der Waals surface area contributed by atoms with Crippen molar-refractivity contribution in [1.29, 1.82) is 5.26 Å². The second-order valence-corrected chi connectivity index (χ2v) is 9.97. The maximum atomic E-state index is 12.2. The molecule has 0 atom stereocenters. The Bertz CT molecular complexity index is 1320. The summed E-state index contributed by atoms with van der Waals surface area (Å²) in [7, 11) is 0. The van der Waals surface area contributed by atoms with Gasteiger partial charge in [0, 0.05) is 50.0 Å². The second kappa shape index (κ2) is 12.0. The molecule has 0 radical (unpaired) electrons. The molecule has 0 unspecified atom stereocenters. The minimum Gasteiger partial charge on any atom is -0.492 e. The van der Waals surface area contributed by atoms with Crippen molar-refractivity contribution in [2.24, 2.45) is 5.41 Å². The normalized spacial score (nSPS) is 17.7. The highest BCUT2D eigenvalue weighted by molar-refractivity contribution is 5.85. The van der Waals surface area contributed by atoms with Gasteiger partial charge in [-0.2, -0.15) is 10.4 Å². The summed E-state index contributed by atoms with van der Waals surface area (Å²) in [6.07, 6.45) is 6.07. The van der Waals surface area contributed by atoms with Crippen LogP contribution >= 0.6 is 0 Å². The van der Waals surface area contributed by atoms with E-state index < -0.39 is 11.4 Å². The first-order chi connectivity index (χ1) is 19.0. The molecule has 0 amide bonds. The molecule has 11 heteroatoms. The molecule has 0 bridgehead atoms. The van der Waals surface area contributed by atoms with E-state index in [1.807, 2.05) is 25.1 Å². The number of ether oxygens (including phenoxy) is 3. The van der Waals surface area contributed by atoms with Crippen molar-refractivity contribution >= 4 is 17.3 Å². The molecule has 11 nitrogen and oxygen atoms in total. The zero-order chi connectivity index (χ0) is 27.2. The summed E-state index contributed by atoms with van der Waals surface area (Å²) < 4.78 is 18.6. The maximum Gasteiger partial charge on any atom is 0.312 e. The van der Waals surface area contributed by atoms with Gasteiger partial charge in [0.15, 0.2) is 0 Å². The van der Waals surface area contributed by atoms with Gasteiger partial charge in [0.05, 0.1) is 61.9 Å². The van der Waals surface area contributed by atoms with E-state index in [1.54, 1.807) is 23.1 Å². The highest BCUT2D eigenvalue weighted by Gasteiger charge is 2.42. The third-order valence-corrected chi connectivity index (χ3v) is 7.61. The van der Waals surface area contributed by atoms with E-state index in [1.165, 1.54) is 0 Å². The number of hydrogen-bond donors (Lipinski definition) is 1. The number of aromatic nitrogens is 3. The molecule has 2 aliphatic rings. The first-order valence-corrected chi connectivity index (χ1v) is 13.4. The van der Waals surface area contributed by atoms with Gasteiger partial charge in [-0.25, -0.2) is 9.50 Å². The molecule has 5 heterocycles. The van der Waals surface area contributed by atoms with E-state index in [2.05, 4.69) is 21.0 Å².